The summed E-state index contributed by atoms with van der Waals surface area (Å²) < 4.78 is 0. The molecule has 0 radical (unpaired) electrons. The van der Waals surface area contributed by atoms with E-state index < -0.39 is 8.07 Å². The van der Waals surface area contributed by atoms with Crippen LogP contribution in [0.25, 0.3) is 17.2 Å². The molecule has 0 saturated heterocycles. The van der Waals surface area contributed by atoms with Crippen LogP contribution in [0, 0.1) is 5.92 Å². The van der Waals surface area contributed by atoms with Crippen LogP contribution in [0.2, 0.25) is 13.1 Å². The second kappa shape index (κ2) is 7.25. The van der Waals surface area contributed by atoms with Crippen LogP contribution in [-0.2, 0) is 0 Å². The smallest absolute Gasteiger partial charge is 0.0885 e. The van der Waals surface area contributed by atoms with Crippen LogP contribution in [-0.4, -0.2) is 8.07 Å². The summed E-state index contributed by atoms with van der Waals surface area (Å²) in [7, 11) is -1.88. The van der Waals surface area contributed by atoms with E-state index in [1.165, 1.54) is 33.4 Å². The molecule has 0 heterocycles. The van der Waals surface area contributed by atoms with E-state index >= 15 is 0 Å². The lowest BCUT2D eigenvalue weighted by molar-refractivity contribution is 0.561. The lowest BCUT2D eigenvalue weighted by Gasteiger charge is -2.38. The second-order valence-corrected chi connectivity index (χ2v) is 13.9. The highest BCUT2D eigenvalue weighted by atomic mass is 28.3. The molecule has 30 heavy (non-hydrogen) atoms. The third-order valence-electron chi connectivity index (χ3n) is 7.48. The summed E-state index contributed by atoms with van der Waals surface area (Å²) >= 11 is 0. The Bertz CT molecular complexity index is 1100. The van der Waals surface area contributed by atoms with Gasteiger partial charge in [-0.05, 0) is 45.7 Å². The molecule has 0 amide bonds. The maximum atomic E-state index is 4.22. The van der Waals surface area contributed by atoms with Gasteiger partial charge in [-0.2, -0.15) is 0 Å². The normalized spacial score (nSPS) is 18.4. The van der Waals surface area contributed by atoms with Crippen LogP contribution < -0.4 is 0 Å². The topological polar surface area (TPSA) is 0 Å². The summed E-state index contributed by atoms with van der Waals surface area (Å²) in [4.78, 5) is 0. The molecule has 1 heteroatoms. The molecule has 0 bridgehead atoms. The van der Waals surface area contributed by atoms with E-state index in [0.29, 0.717) is 17.4 Å². The number of hydrogen-bond donors (Lipinski definition) is 0. The first-order valence-corrected chi connectivity index (χ1v) is 14.3. The number of benzene rings is 3. The van der Waals surface area contributed by atoms with Gasteiger partial charge in [-0.25, -0.2) is 0 Å². The number of allylic oxidation sites excluding steroid dienone is 2. The van der Waals surface area contributed by atoms with Crippen LogP contribution in [0.3, 0.4) is 0 Å². The third kappa shape index (κ3) is 2.72. The SMILES string of the molecule is C=CC(CC)C1C([Si](C)(C)C2c3ccccc3-c3ccccc32)=Cc2ccccc21. The summed E-state index contributed by atoms with van der Waals surface area (Å²) in [6.07, 6.45) is 5.87. The minimum atomic E-state index is -1.88. The molecule has 0 saturated carbocycles. The Balaban J connectivity index is 1.69. The molecule has 0 nitrogen and oxygen atoms in total. The molecule has 0 spiro atoms. The molecule has 0 N–H and O–H groups in total. The van der Waals surface area contributed by atoms with E-state index in [9.17, 15) is 0 Å². The number of hydrogen-bond acceptors (Lipinski definition) is 0. The van der Waals surface area contributed by atoms with E-state index in [1.54, 1.807) is 5.20 Å². The van der Waals surface area contributed by atoms with Gasteiger partial charge in [0, 0.05) is 11.5 Å². The van der Waals surface area contributed by atoms with Gasteiger partial charge in [0.05, 0.1) is 8.07 Å². The summed E-state index contributed by atoms with van der Waals surface area (Å²) in [6, 6.07) is 27.2. The van der Waals surface area contributed by atoms with Crippen LogP contribution in [0.5, 0.6) is 0 Å². The first-order valence-electron chi connectivity index (χ1n) is 11.2. The first-order chi connectivity index (χ1) is 14.6. The van der Waals surface area contributed by atoms with Gasteiger partial charge in [0.2, 0.25) is 0 Å². The fraction of sp³-hybridized carbons (Fsp3) is 0.241. The molecule has 3 aromatic rings. The van der Waals surface area contributed by atoms with Gasteiger partial charge in [0.15, 0.2) is 0 Å². The molecular formula is C29H30Si. The van der Waals surface area contributed by atoms with Crippen molar-refractivity contribution in [2.75, 3.05) is 0 Å². The van der Waals surface area contributed by atoms with Crippen molar-refractivity contribution >= 4 is 14.1 Å². The molecule has 0 aliphatic heterocycles. The summed E-state index contributed by atoms with van der Waals surface area (Å²) in [6.45, 7) is 11.7. The van der Waals surface area contributed by atoms with E-state index in [0.717, 1.165) is 6.42 Å². The molecule has 2 unspecified atom stereocenters. The molecule has 3 aromatic carbocycles. The quantitative estimate of drug-likeness (QED) is 0.297. The highest BCUT2D eigenvalue weighted by Crippen LogP contribution is 2.55. The lowest BCUT2D eigenvalue weighted by atomic mass is 9.86. The van der Waals surface area contributed by atoms with Crippen LogP contribution >= 0.6 is 0 Å². The Morgan fingerprint density at radius 2 is 1.37 bits per heavy atom. The van der Waals surface area contributed by atoms with Crippen molar-refractivity contribution in [1.29, 1.82) is 0 Å². The highest BCUT2D eigenvalue weighted by molar-refractivity contribution is 6.87. The van der Waals surface area contributed by atoms with Crippen molar-refractivity contribution < 1.29 is 0 Å². The van der Waals surface area contributed by atoms with E-state index in [2.05, 4.69) is 112 Å². The fourth-order valence-electron chi connectivity index (χ4n) is 6.04. The minimum Gasteiger partial charge on any atom is -0.103 e. The average Bonchev–Trinajstić information content (AvgIpc) is 3.32. The molecule has 0 aromatic heterocycles. The zero-order chi connectivity index (χ0) is 20.9. The molecule has 2 atom stereocenters. The lowest BCUT2D eigenvalue weighted by Crippen LogP contribution is -2.40. The Morgan fingerprint density at radius 3 is 1.93 bits per heavy atom. The summed E-state index contributed by atoms with van der Waals surface area (Å²) in [5, 5.41) is 1.69. The Kier molecular flexibility index (Phi) is 4.67. The Morgan fingerprint density at radius 1 is 0.833 bits per heavy atom. The zero-order valence-electron chi connectivity index (χ0n) is 18.2. The molecule has 2 aliphatic rings. The fourth-order valence-corrected chi connectivity index (χ4v) is 10.1. The van der Waals surface area contributed by atoms with Crippen molar-refractivity contribution in [3.63, 3.8) is 0 Å². The van der Waals surface area contributed by atoms with Gasteiger partial charge in [0.25, 0.3) is 0 Å². The van der Waals surface area contributed by atoms with Gasteiger partial charge >= 0.3 is 0 Å². The highest BCUT2D eigenvalue weighted by Gasteiger charge is 2.47. The van der Waals surface area contributed by atoms with Crippen molar-refractivity contribution in [3.8, 4) is 11.1 Å². The third-order valence-corrected chi connectivity index (χ3v) is 11.5. The maximum Gasteiger partial charge on any atom is 0.0885 e. The summed E-state index contributed by atoms with van der Waals surface area (Å²) in [5.41, 5.74) is 9.33. The first kappa shape index (κ1) is 19.3. The van der Waals surface area contributed by atoms with Gasteiger partial charge < -0.3 is 0 Å². The predicted molar refractivity (Wildman–Crippen MR) is 132 cm³/mol. The Hall–Kier alpha value is -2.64. The predicted octanol–water partition coefficient (Wildman–Crippen LogP) is 7.98. The van der Waals surface area contributed by atoms with Crippen molar-refractivity contribution in [2.45, 2.75) is 37.9 Å². The largest absolute Gasteiger partial charge is 0.103 e. The van der Waals surface area contributed by atoms with Gasteiger partial charge in [-0.3, -0.25) is 0 Å². The average molecular weight is 407 g/mol. The monoisotopic (exact) mass is 406 g/mol. The minimum absolute atomic E-state index is 0.463. The van der Waals surface area contributed by atoms with E-state index in [-0.39, 0.29) is 0 Å². The Labute approximate surface area is 182 Å². The summed E-state index contributed by atoms with van der Waals surface area (Å²) in [5.74, 6) is 0.948. The van der Waals surface area contributed by atoms with Gasteiger partial charge in [-0.1, -0.05) is 110 Å². The molecule has 2 aliphatic carbocycles. The molecule has 0 fully saturated rings. The standard InChI is InChI=1S/C29H30Si/c1-5-20(6-2)28-22-14-8-7-13-21(22)19-27(28)30(3,4)29-25-17-11-9-15-23(25)24-16-10-12-18-26(24)29/h5,7-20,28-29H,1,6H2,2-4H3. The second-order valence-electron chi connectivity index (χ2n) is 9.34. The zero-order valence-corrected chi connectivity index (χ0v) is 19.2. The number of fused-ring (bicyclic) bond motifs is 4. The maximum absolute atomic E-state index is 4.22. The molecular weight excluding hydrogens is 376 g/mol. The van der Waals surface area contributed by atoms with E-state index in [4.69, 9.17) is 0 Å². The van der Waals surface area contributed by atoms with Gasteiger partial charge in [0.1, 0.15) is 0 Å². The van der Waals surface area contributed by atoms with Crippen LogP contribution in [0.1, 0.15) is 47.1 Å². The molecule has 150 valence electrons. The van der Waals surface area contributed by atoms with E-state index in [1.807, 2.05) is 0 Å². The van der Waals surface area contributed by atoms with Crippen molar-refractivity contribution in [2.24, 2.45) is 5.92 Å². The van der Waals surface area contributed by atoms with Crippen molar-refractivity contribution in [3.05, 3.63) is 113 Å². The van der Waals surface area contributed by atoms with Crippen molar-refractivity contribution in [1.82, 2.24) is 0 Å². The van der Waals surface area contributed by atoms with Crippen LogP contribution in [0.4, 0.5) is 0 Å². The number of rotatable bonds is 5. The molecule has 5 rings (SSSR count). The van der Waals surface area contributed by atoms with Crippen LogP contribution in [0.15, 0.2) is 90.6 Å². The van der Waals surface area contributed by atoms with Gasteiger partial charge in [-0.15, -0.1) is 6.58 Å².